The normalized spacial score (nSPS) is 21.1. The SMILES string of the molecule is Cc1cc([C@@H]2[C@H](c3ccccn3)NC(=S)N2CCN2CCOCC2)c(C)n1-c1ccccc1F. The number of rotatable bonds is 6. The van der Waals surface area contributed by atoms with Gasteiger partial charge in [0.15, 0.2) is 5.11 Å². The second-order valence-corrected chi connectivity index (χ2v) is 9.27. The molecule has 0 spiro atoms. The molecule has 0 unspecified atom stereocenters. The van der Waals surface area contributed by atoms with Crippen LogP contribution in [0.4, 0.5) is 4.39 Å². The van der Waals surface area contributed by atoms with Crippen molar-refractivity contribution in [2.45, 2.75) is 25.9 Å². The van der Waals surface area contributed by atoms with Gasteiger partial charge in [-0.1, -0.05) is 18.2 Å². The summed E-state index contributed by atoms with van der Waals surface area (Å²) in [6, 6.07) is 14.9. The maximum atomic E-state index is 14.7. The standard InChI is InChI=1S/C26H30FN5OS/c1-18-17-20(19(2)32(18)23-9-4-3-7-21(23)27)25-24(22-8-5-6-10-28-22)29-26(34)31(25)12-11-30-13-15-33-16-14-30/h3-10,17,24-25H,11-16H2,1-2H3,(H,29,34)/t24-,25+/m0/s1. The molecule has 0 aliphatic carbocycles. The molecule has 34 heavy (non-hydrogen) atoms. The number of para-hydroxylation sites is 1. The Morgan fingerprint density at radius 3 is 2.59 bits per heavy atom. The van der Waals surface area contributed by atoms with Gasteiger partial charge in [0.1, 0.15) is 5.82 Å². The second-order valence-electron chi connectivity index (χ2n) is 8.89. The molecule has 2 aromatic heterocycles. The molecule has 178 valence electrons. The van der Waals surface area contributed by atoms with Gasteiger partial charge >= 0.3 is 0 Å². The van der Waals surface area contributed by atoms with Gasteiger partial charge in [-0.3, -0.25) is 9.88 Å². The van der Waals surface area contributed by atoms with Crippen molar-refractivity contribution in [2.24, 2.45) is 0 Å². The van der Waals surface area contributed by atoms with Crippen LogP contribution in [0, 0.1) is 19.7 Å². The summed E-state index contributed by atoms with van der Waals surface area (Å²) < 4.78 is 22.2. The fraction of sp³-hybridized carbons (Fsp3) is 0.385. The number of hydrogen-bond donors (Lipinski definition) is 1. The predicted octanol–water partition coefficient (Wildman–Crippen LogP) is 3.93. The fourth-order valence-electron chi connectivity index (χ4n) is 5.15. The molecule has 1 aromatic carbocycles. The Balaban J connectivity index is 1.53. The van der Waals surface area contributed by atoms with Crippen molar-refractivity contribution in [3.8, 4) is 5.69 Å². The van der Waals surface area contributed by atoms with Crippen molar-refractivity contribution in [3.63, 3.8) is 0 Å². The zero-order chi connectivity index (χ0) is 23.7. The van der Waals surface area contributed by atoms with Gasteiger partial charge in [0, 0.05) is 43.8 Å². The number of hydrogen-bond acceptors (Lipinski definition) is 4. The van der Waals surface area contributed by atoms with Gasteiger partial charge < -0.3 is 19.5 Å². The van der Waals surface area contributed by atoms with Gasteiger partial charge in [-0.2, -0.15) is 0 Å². The molecule has 2 aliphatic heterocycles. The Labute approximate surface area is 205 Å². The highest BCUT2D eigenvalue weighted by Crippen LogP contribution is 2.41. The zero-order valence-corrected chi connectivity index (χ0v) is 20.4. The van der Waals surface area contributed by atoms with E-state index in [9.17, 15) is 4.39 Å². The van der Waals surface area contributed by atoms with E-state index < -0.39 is 0 Å². The van der Waals surface area contributed by atoms with Crippen LogP contribution in [0.1, 0.15) is 34.7 Å². The van der Waals surface area contributed by atoms with Crippen LogP contribution in [-0.4, -0.2) is 63.9 Å². The molecule has 1 N–H and O–H groups in total. The minimum atomic E-state index is -0.235. The third-order valence-corrected chi connectivity index (χ3v) is 7.19. The molecule has 2 saturated heterocycles. The third kappa shape index (κ3) is 4.33. The Morgan fingerprint density at radius 2 is 1.85 bits per heavy atom. The van der Waals surface area contributed by atoms with E-state index in [1.165, 1.54) is 6.07 Å². The van der Waals surface area contributed by atoms with Crippen molar-refractivity contribution < 1.29 is 9.13 Å². The number of ether oxygens (including phenoxy) is 1. The van der Waals surface area contributed by atoms with E-state index >= 15 is 0 Å². The molecule has 0 saturated carbocycles. The van der Waals surface area contributed by atoms with E-state index in [2.05, 4.69) is 33.1 Å². The van der Waals surface area contributed by atoms with E-state index in [4.69, 9.17) is 17.0 Å². The molecule has 2 fully saturated rings. The summed E-state index contributed by atoms with van der Waals surface area (Å²) in [7, 11) is 0. The van der Waals surface area contributed by atoms with E-state index in [0.29, 0.717) is 5.69 Å². The molecular weight excluding hydrogens is 449 g/mol. The summed E-state index contributed by atoms with van der Waals surface area (Å²) in [4.78, 5) is 9.34. The number of benzene rings is 1. The van der Waals surface area contributed by atoms with Gasteiger partial charge in [0.2, 0.25) is 0 Å². The number of morpholine rings is 1. The van der Waals surface area contributed by atoms with Crippen LogP contribution in [0.2, 0.25) is 0 Å². The van der Waals surface area contributed by atoms with Crippen LogP contribution < -0.4 is 5.32 Å². The van der Waals surface area contributed by atoms with E-state index in [1.807, 2.05) is 48.0 Å². The van der Waals surface area contributed by atoms with Gasteiger partial charge in [0.25, 0.3) is 0 Å². The maximum Gasteiger partial charge on any atom is 0.170 e. The summed E-state index contributed by atoms with van der Waals surface area (Å²) in [5.41, 5.74) is 4.64. The summed E-state index contributed by atoms with van der Waals surface area (Å²) >= 11 is 5.84. The second kappa shape index (κ2) is 9.82. The number of thiocarbonyl (C=S) groups is 1. The number of nitrogens with one attached hydrogen (secondary N) is 1. The van der Waals surface area contributed by atoms with Gasteiger partial charge in [-0.15, -0.1) is 0 Å². The average molecular weight is 480 g/mol. The number of pyridine rings is 1. The third-order valence-electron chi connectivity index (χ3n) is 6.84. The van der Waals surface area contributed by atoms with Crippen molar-refractivity contribution in [3.05, 3.63) is 83.2 Å². The highest BCUT2D eigenvalue weighted by atomic mass is 32.1. The van der Waals surface area contributed by atoms with Crippen LogP contribution in [0.15, 0.2) is 54.7 Å². The molecule has 6 nitrogen and oxygen atoms in total. The molecule has 2 atom stereocenters. The van der Waals surface area contributed by atoms with E-state index in [-0.39, 0.29) is 17.9 Å². The first kappa shape index (κ1) is 23.0. The quantitative estimate of drug-likeness (QED) is 0.541. The first-order chi connectivity index (χ1) is 16.5. The predicted molar refractivity (Wildman–Crippen MR) is 135 cm³/mol. The Morgan fingerprint density at radius 1 is 1.09 bits per heavy atom. The largest absolute Gasteiger partial charge is 0.379 e. The van der Waals surface area contributed by atoms with Crippen molar-refractivity contribution in [1.82, 2.24) is 24.7 Å². The highest BCUT2D eigenvalue weighted by molar-refractivity contribution is 7.80. The monoisotopic (exact) mass is 479 g/mol. The minimum absolute atomic E-state index is 0.0461. The van der Waals surface area contributed by atoms with Crippen LogP contribution in [0.25, 0.3) is 5.69 Å². The Kier molecular flexibility index (Phi) is 6.63. The van der Waals surface area contributed by atoms with Crippen LogP contribution >= 0.6 is 12.2 Å². The minimum Gasteiger partial charge on any atom is -0.379 e. The topological polar surface area (TPSA) is 45.6 Å². The van der Waals surface area contributed by atoms with E-state index in [1.54, 1.807) is 6.07 Å². The lowest BCUT2D eigenvalue weighted by Gasteiger charge is -2.32. The fourth-order valence-corrected chi connectivity index (χ4v) is 5.48. The summed E-state index contributed by atoms with van der Waals surface area (Å²) in [5, 5.41) is 4.26. The molecule has 0 amide bonds. The number of aryl methyl sites for hydroxylation is 1. The van der Waals surface area contributed by atoms with Crippen molar-refractivity contribution in [1.29, 1.82) is 0 Å². The smallest absolute Gasteiger partial charge is 0.170 e. The summed E-state index contributed by atoms with van der Waals surface area (Å²) in [5.74, 6) is -0.235. The molecule has 8 heteroatoms. The lowest BCUT2D eigenvalue weighted by Crippen LogP contribution is -2.42. The zero-order valence-electron chi connectivity index (χ0n) is 19.6. The highest BCUT2D eigenvalue weighted by Gasteiger charge is 2.41. The summed E-state index contributed by atoms with van der Waals surface area (Å²) in [6.45, 7) is 9.20. The first-order valence-corrected chi connectivity index (χ1v) is 12.2. The molecule has 2 aliphatic rings. The van der Waals surface area contributed by atoms with Gasteiger partial charge in [0.05, 0.1) is 36.7 Å². The molecule has 0 bridgehead atoms. The Bertz CT molecular complexity index is 1160. The van der Waals surface area contributed by atoms with E-state index in [0.717, 1.165) is 67.2 Å². The van der Waals surface area contributed by atoms with Crippen molar-refractivity contribution >= 4 is 17.3 Å². The van der Waals surface area contributed by atoms with Crippen LogP contribution in [-0.2, 0) is 4.74 Å². The van der Waals surface area contributed by atoms with Crippen LogP contribution in [0.5, 0.6) is 0 Å². The molecule has 5 rings (SSSR count). The lowest BCUT2D eigenvalue weighted by atomic mass is 9.96. The maximum absolute atomic E-state index is 14.7. The molecule has 0 radical (unpaired) electrons. The number of aromatic nitrogens is 2. The van der Waals surface area contributed by atoms with Crippen LogP contribution in [0.3, 0.4) is 0 Å². The number of nitrogens with zero attached hydrogens (tertiary/aromatic N) is 4. The van der Waals surface area contributed by atoms with Crippen molar-refractivity contribution in [2.75, 3.05) is 39.4 Å². The van der Waals surface area contributed by atoms with Gasteiger partial charge in [-0.05, 0) is 62.0 Å². The molecule has 4 heterocycles. The Hall–Kier alpha value is -2.81. The summed E-state index contributed by atoms with van der Waals surface area (Å²) in [6.07, 6.45) is 1.82. The average Bonchev–Trinajstić information content (AvgIpc) is 3.34. The molecular formula is C26H30FN5OS. The number of halogens is 1. The van der Waals surface area contributed by atoms with Gasteiger partial charge in [-0.25, -0.2) is 4.39 Å². The molecule has 3 aromatic rings. The lowest BCUT2D eigenvalue weighted by molar-refractivity contribution is 0.0350. The first-order valence-electron chi connectivity index (χ1n) is 11.8.